The molecule has 0 saturated carbocycles. The van der Waals surface area contributed by atoms with Crippen molar-refractivity contribution < 1.29 is 4.79 Å². The summed E-state index contributed by atoms with van der Waals surface area (Å²) in [5.41, 5.74) is 0.894. The van der Waals surface area contributed by atoms with E-state index in [9.17, 15) is 4.79 Å². The van der Waals surface area contributed by atoms with Gasteiger partial charge in [-0.15, -0.1) is 0 Å². The van der Waals surface area contributed by atoms with E-state index in [1.54, 1.807) is 13.3 Å². The molecule has 2 heteroatoms. The Morgan fingerprint density at radius 1 is 0.880 bits per heavy atom. The third-order valence-electron chi connectivity index (χ3n) is 5.59. The standard InChI is InChI=1S/C11H13O.3C4H9.Sn/c1-9(2)8-11(12)10-6-4-3-5-7-10;3*1-3-4-2;/h3-7,9H,1,8H2,2H3;3*1,3-4H2,2H3;. The monoisotopic (exact) mass is 452 g/mol. The molecule has 0 aliphatic heterocycles. The molecule has 0 aromatic heterocycles. The SMILES string of the molecule is CCC[CH2][Sn]([CH2]CCC)([CH2]CCC)[CH2]C(C)CC(=O)c1ccccc1. The minimum absolute atomic E-state index is 0.342. The van der Waals surface area contributed by atoms with Gasteiger partial charge in [0, 0.05) is 0 Å². The van der Waals surface area contributed by atoms with Crippen molar-refractivity contribution in [3.8, 4) is 0 Å². The number of hydrogen-bond acceptors (Lipinski definition) is 1. The van der Waals surface area contributed by atoms with Crippen LogP contribution < -0.4 is 0 Å². The Morgan fingerprint density at radius 3 is 1.80 bits per heavy atom. The van der Waals surface area contributed by atoms with Gasteiger partial charge in [0.25, 0.3) is 0 Å². The van der Waals surface area contributed by atoms with Crippen molar-refractivity contribution in [1.29, 1.82) is 0 Å². The normalized spacial score (nSPS) is 13.0. The van der Waals surface area contributed by atoms with Crippen LogP contribution in [0.25, 0.3) is 0 Å². The fourth-order valence-corrected chi connectivity index (χ4v) is 22.2. The van der Waals surface area contributed by atoms with Crippen molar-refractivity contribution in [3.05, 3.63) is 35.9 Å². The molecule has 0 bridgehead atoms. The van der Waals surface area contributed by atoms with Crippen LogP contribution >= 0.6 is 0 Å². The summed E-state index contributed by atoms with van der Waals surface area (Å²) in [5, 5.41) is 0. The quantitative estimate of drug-likeness (QED) is 0.209. The second kappa shape index (κ2) is 12.9. The molecular weight excluding hydrogens is 411 g/mol. The van der Waals surface area contributed by atoms with E-state index in [2.05, 4.69) is 27.7 Å². The molecule has 142 valence electrons. The van der Waals surface area contributed by atoms with Gasteiger partial charge in [-0.2, -0.15) is 0 Å². The molecule has 0 N–H and O–H groups in total. The molecule has 1 nitrogen and oxygen atoms in total. The molecule has 0 radical (unpaired) electrons. The summed E-state index contributed by atoms with van der Waals surface area (Å²) >= 11 is -2.11. The first-order valence-corrected chi connectivity index (χ1v) is 18.7. The van der Waals surface area contributed by atoms with Crippen LogP contribution in [-0.4, -0.2) is 24.2 Å². The Balaban J connectivity index is 2.76. The molecule has 1 atom stereocenters. The third kappa shape index (κ3) is 8.75. The summed E-state index contributed by atoms with van der Waals surface area (Å²) in [6, 6.07) is 9.88. The van der Waals surface area contributed by atoms with Crippen molar-refractivity contribution >= 4 is 24.2 Å². The van der Waals surface area contributed by atoms with Crippen molar-refractivity contribution in [3.63, 3.8) is 0 Å². The molecule has 0 spiro atoms. The van der Waals surface area contributed by atoms with Gasteiger partial charge in [-0.25, -0.2) is 0 Å². The molecule has 1 aromatic carbocycles. The molecule has 1 rings (SSSR count). The number of unbranched alkanes of at least 4 members (excludes halogenated alkanes) is 3. The second-order valence-corrected chi connectivity index (χ2v) is 22.1. The van der Waals surface area contributed by atoms with Gasteiger partial charge in [-0.05, 0) is 0 Å². The van der Waals surface area contributed by atoms with E-state index in [1.807, 2.05) is 30.3 Å². The zero-order valence-corrected chi connectivity index (χ0v) is 20.0. The van der Waals surface area contributed by atoms with Crippen molar-refractivity contribution in [2.45, 2.75) is 90.4 Å². The molecule has 0 saturated heterocycles. The fraction of sp³-hybridized carbons (Fsp3) is 0.696. The minimum atomic E-state index is -2.11. The molecule has 1 unspecified atom stereocenters. The maximum absolute atomic E-state index is 12.6. The molecule has 1 aromatic rings. The second-order valence-electron chi connectivity index (χ2n) is 8.11. The molecule has 0 aliphatic carbocycles. The zero-order valence-electron chi connectivity index (χ0n) is 17.2. The molecule has 0 heterocycles. The van der Waals surface area contributed by atoms with Gasteiger partial charge in [-0.3, -0.25) is 0 Å². The number of Topliss-reactive ketones (excluding diaryl/α,β-unsaturated/α-hetero) is 1. The first kappa shape index (κ1) is 22.7. The Kier molecular flexibility index (Phi) is 11.8. The van der Waals surface area contributed by atoms with Crippen molar-refractivity contribution in [2.24, 2.45) is 5.92 Å². The number of ketones is 1. The topological polar surface area (TPSA) is 17.1 Å². The van der Waals surface area contributed by atoms with E-state index in [1.165, 1.54) is 43.0 Å². The number of hydrogen-bond donors (Lipinski definition) is 0. The van der Waals surface area contributed by atoms with Crippen LogP contribution in [0.15, 0.2) is 30.3 Å². The van der Waals surface area contributed by atoms with E-state index in [0.29, 0.717) is 11.7 Å². The number of carbonyl (C=O) groups is 1. The summed E-state index contributed by atoms with van der Waals surface area (Å²) in [4.78, 5) is 12.6. The van der Waals surface area contributed by atoms with E-state index in [0.717, 1.165) is 12.0 Å². The fourth-order valence-electron chi connectivity index (χ4n) is 4.21. The van der Waals surface area contributed by atoms with Gasteiger partial charge in [0.2, 0.25) is 0 Å². The summed E-state index contributed by atoms with van der Waals surface area (Å²) in [6.45, 7) is 9.34. The number of rotatable bonds is 14. The predicted molar refractivity (Wildman–Crippen MR) is 114 cm³/mol. The van der Waals surface area contributed by atoms with Gasteiger partial charge in [0.1, 0.15) is 0 Å². The van der Waals surface area contributed by atoms with Crippen molar-refractivity contribution in [2.75, 3.05) is 0 Å². The van der Waals surface area contributed by atoms with Crippen LogP contribution in [0, 0.1) is 5.92 Å². The van der Waals surface area contributed by atoms with Gasteiger partial charge in [0.05, 0.1) is 0 Å². The number of carbonyl (C=O) groups excluding carboxylic acids is 1. The van der Waals surface area contributed by atoms with E-state index in [-0.39, 0.29) is 0 Å². The summed E-state index contributed by atoms with van der Waals surface area (Å²) in [6.07, 6.45) is 8.98. The Labute approximate surface area is 160 Å². The summed E-state index contributed by atoms with van der Waals surface area (Å²) in [5.74, 6) is 0.906. The summed E-state index contributed by atoms with van der Waals surface area (Å²) in [7, 11) is 0. The van der Waals surface area contributed by atoms with Crippen LogP contribution in [0.3, 0.4) is 0 Å². The molecule has 0 amide bonds. The first-order valence-electron chi connectivity index (χ1n) is 10.6. The van der Waals surface area contributed by atoms with Crippen LogP contribution in [0.2, 0.25) is 17.7 Å². The average Bonchev–Trinajstić information content (AvgIpc) is 2.63. The Hall–Kier alpha value is -0.311. The molecule has 0 fully saturated rings. The predicted octanol–water partition coefficient (Wildman–Crippen LogP) is 7.74. The van der Waals surface area contributed by atoms with Gasteiger partial charge < -0.3 is 0 Å². The first-order chi connectivity index (χ1) is 12.1. The van der Waals surface area contributed by atoms with Crippen LogP contribution in [0.5, 0.6) is 0 Å². The third-order valence-corrected chi connectivity index (χ3v) is 22.2. The van der Waals surface area contributed by atoms with E-state index >= 15 is 0 Å². The van der Waals surface area contributed by atoms with E-state index in [4.69, 9.17) is 0 Å². The van der Waals surface area contributed by atoms with Crippen LogP contribution in [-0.2, 0) is 0 Å². The summed E-state index contributed by atoms with van der Waals surface area (Å²) < 4.78 is 6.08. The van der Waals surface area contributed by atoms with Crippen LogP contribution in [0.4, 0.5) is 0 Å². The maximum atomic E-state index is 12.6. The molecule has 0 aliphatic rings. The van der Waals surface area contributed by atoms with E-state index < -0.39 is 18.4 Å². The molecular formula is C23H40OSn. The Morgan fingerprint density at radius 2 is 1.36 bits per heavy atom. The number of benzene rings is 1. The molecule has 25 heavy (non-hydrogen) atoms. The Bertz CT molecular complexity index is 446. The average molecular weight is 451 g/mol. The van der Waals surface area contributed by atoms with Crippen molar-refractivity contribution in [1.82, 2.24) is 0 Å². The van der Waals surface area contributed by atoms with Gasteiger partial charge in [0.15, 0.2) is 0 Å². The zero-order chi connectivity index (χ0) is 18.5. The van der Waals surface area contributed by atoms with Gasteiger partial charge in [-0.1, -0.05) is 0 Å². The van der Waals surface area contributed by atoms with Crippen LogP contribution in [0.1, 0.15) is 83.0 Å². The van der Waals surface area contributed by atoms with Gasteiger partial charge >= 0.3 is 161 Å².